The molecule has 2 saturated heterocycles. The van der Waals surface area contributed by atoms with Crippen molar-refractivity contribution < 1.29 is 9.59 Å². The van der Waals surface area contributed by atoms with Crippen molar-refractivity contribution in [3.8, 4) is 6.07 Å². The molecular weight excluding hydrogens is 320 g/mol. The number of carbonyl (C=O) groups excluding carboxylic acids is 2. The average Bonchev–Trinajstić information content (AvgIpc) is 3.18. The Morgan fingerprint density at radius 1 is 1.08 bits per heavy atom. The molecule has 132 valence electrons. The molecule has 2 aliphatic heterocycles. The predicted molar refractivity (Wildman–Crippen MR) is 91.8 cm³/mol. The number of hydrogen-bond acceptors (Lipinski definition) is 5. The second-order valence-corrected chi connectivity index (χ2v) is 6.33. The summed E-state index contributed by atoms with van der Waals surface area (Å²) in [7, 11) is 0. The van der Waals surface area contributed by atoms with Crippen molar-refractivity contribution in [1.29, 1.82) is 5.26 Å². The van der Waals surface area contributed by atoms with Gasteiger partial charge < -0.3 is 15.1 Å². The monoisotopic (exact) mass is 342 g/mol. The van der Waals surface area contributed by atoms with E-state index in [2.05, 4.69) is 15.2 Å². The molecule has 0 radical (unpaired) electrons. The van der Waals surface area contributed by atoms with Crippen LogP contribution in [0.2, 0.25) is 0 Å². The molecule has 25 heavy (non-hydrogen) atoms. The summed E-state index contributed by atoms with van der Waals surface area (Å²) in [5.41, 5.74) is 0.880. The molecule has 3 amide bonds. The topological polar surface area (TPSA) is 92.6 Å². The lowest BCUT2D eigenvalue weighted by Crippen LogP contribution is -2.52. The smallest absolute Gasteiger partial charge is 0.321 e. The number of pyridine rings is 1. The number of urea groups is 1. The van der Waals surface area contributed by atoms with E-state index in [0.29, 0.717) is 44.1 Å². The van der Waals surface area contributed by atoms with Crippen LogP contribution in [0.15, 0.2) is 18.3 Å². The standard InChI is InChI=1S/C17H22N6O2/c18-11-14-3-4-15(12-19-14)20-17(25)23-9-7-21(8-10-23)13-16(24)22-5-1-2-6-22/h3-4,12H,1-2,5-10,13H2,(H,20,25). The molecule has 0 atom stereocenters. The highest BCUT2D eigenvalue weighted by atomic mass is 16.2. The number of anilines is 1. The Morgan fingerprint density at radius 2 is 1.80 bits per heavy atom. The van der Waals surface area contributed by atoms with Crippen molar-refractivity contribution in [2.45, 2.75) is 12.8 Å². The van der Waals surface area contributed by atoms with Crippen LogP contribution in [0.3, 0.4) is 0 Å². The van der Waals surface area contributed by atoms with Gasteiger partial charge in [-0.05, 0) is 25.0 Å². The number of carbonyl (C=O) groups is 2. The van der Waals surface area contributed by atoms with Gasteiger partial charge in [0.05, 0.1) is 18.4 Å². The number of nitriles is 1. The Morgan fingerprint density at radius 3 is 2.40 bits per heavy atom. The maximum absolute atomic E-state index is 12.3. The Balaban J connectivity index is 1.44. The molecule has 1 aromatic rings. The van der Waals surface area contributed by atoms with Crippen LogP contribution in [0.25, 0.3) is 0 Å². The van der Waals surface area contributed by atoms with Crippen LogP contribution in [-0.4, -0.2) is 77.4 Å². The van der Waals surface area contributed by atoms with Crippen molar-refractivity contribution in [3.05, 3.63) is 24.0 Å². The van der Waals surface area contributed by atoms with Gasteiger partial charge in [0.2, 0.25) is 5.91 Å². The number of hydrogen-bond donors (Lipinski definition) is 1. The van der Waals surface area contributed by atoms with Crippen molar-refractivity contribution in [2.24, 2.45) is 0 Å². The quantitative estimate of drug-likeness (QED) is 0.874. The summed E-state index contributed by atoms with van der Waals surface area (Å²) in [6, 6.07) is 4.99. The molecule has 0 bridgehead atoms. The van der Waals surface area contributed by atoms with Crippen LogP contribution in [0, 0.1) is 11.3 Å². The Kier molecular flexibility index (Phi) is 5.46. The zero-order chi connectivity index (χ0) is 17.6. The van der Waals surface area contributed by atoms with Crippen molar-refractivity contribution >= 4 is 17.6 Å². The van der Waals surface area contributed by atoms with E-state index < -0.39 is 0 Å². The second-order valence-electron chi connectivity index (χ2n) is 6.33. The highest BCUT2D eigenvalue weighted by molar-refractivity contribution is 5.89. The van der Waals surface area contributed by atoms with E-state index in [1.54, 1.807) is 17.0 Å². The Bertz CT molecular complexity index is 655. The molecule has 3 heterocycles. The first-order chi connectivity index (χ1) is 12.2. The minimum Gasteiger partial charge on any atom is -0.342 e. The first-order valence-corrected chi connectivity index (χ1v) is 8.58. The minimum absolute atomic E-state index is 0.183. The van der Waals surface area contributed by atoms with Gasteiger partial charge in [-0.1, -0.05) is 0 Å². The Hall–Kier alpha value is -2.66. The summed E-state index contributed by atoms with van der Waals surface area (Å²) in [6.07, 6.45) is 3.68. The number of likely N-dealkylation sites (tertiary alicyclic amines) is 1. The fraction of sp³-hybridized carbons (Fsp3) is 0.529. The first-order valence-electron chi connectivity index (χ1n) is 8.58. The summed E-state index contributed by atoms with van der Waals surface area (Å²) < 4.78 is 0. The number of nitrogens with one attached hydrogen (secondary N) is 1. The van der Waals surface area contributed by atoms with Crippen LogP contribution in [0.5, 0.6) is 0 Å². The number of nitrogens with zero attached hydrogens (tertiary/aromatic N) is 5. The van der Waals surface area contributed by atoms with Gasteiger partial charge >= 0.3 is 6.03 Å². The van der Waals surface area contributed by atoms with Crippen LogP contribution in [0.4, 0.5) is 10.5 Å². The lowest BCUT2D eigenvalue weighted by molar-refractivity contribution is -0.131. The maximum atomic E-state index is 12.3. The third-order valence-corrected chi connectivity index (χ3v) is 4.61. The first kappa shape index (κ1) is 17.2. The molecule has 3 rings (SSSR count). The molecule has 8 nitrogen and oxygen atoms in total. The SMILES string of the molecule is N#Cc1ccc(NC(=O)N2CCN(CC(=O)N3CCCC3)CC2)cn1. The van der Waals surface area contributed by atoms with Gasteiger partial charge in [-0.2, -0.15) is 5.26 Å². The molecule has 2 aliphatic rings. The highest BCUT2D eigenvalue weighted by Crippen LogP contribution is 2.11. The fourth-order valence-electron chi connectivity index (χ4n) is 3.10. The van der Waals surface area contributed by atoms with E-state index in [9.17, 15) is 9.59 Å². The number of piperazine rings is 1. The van der Waals surface area contributed by atoms with Gasteiger partial charge in [-0.15, -0.1) is 0 Å². The second kappa shape index (κ2) is 7.94. The van der Waals surface area contributed by atoms with Gasteiger partial charge in [0.25, 0.3) is 0 Å². The van der Waals surface area contributed by atoms with E-state index in [1.165, 1.54) is 6.20 Å². The molecule has 0 aliphatic carbocycles. The lowest BCUT2D eigenvalue weighted by Gasteiger charge is -2.34. The van der Waals surface area contributed by atoms with Crippen LogP contribution >= 0.6 is 0 Å². The summed E-state index contributed by atoms with van der Waals surface area (Å²) in [5.74, 6) is 0.194. The van der Waals surface area contributed by atoms with E-state index >= 15 is 0 Å². The molecule has 0 spiro atoms. The van der Waals surface area contributed by atoms with E-state index in [-0.39, 0.29) is 11.9 Å². The molecule has 0 aromatic carbocycles. The number of rotatable bonds is 3. The molecule has 1 aromatic heterocycles. The summed E-state index contributed by atoms with van der Waals surface area (Å²) in [5, 5.41) is 11.5. The molecule has 0 saturated carbocycles. The average molecular weight is 342 g/mol. The van der Waals surface area contributed by atoms with Gasteiger partial charge in [0.1, 0.15) is 11.8 Å². The van der Waals surface area contributed by atoms with Crippen LogP contribution in [-0.2, 0) is 4.79 Å². The van der Waals surface area contributed by atoms with Gasteiger partial charge in [-0.25, -0.2) is 9.78 Å². The molecule has 1 N–H and O–H groups in total. The maximum Gasteiger partial charge on any atom is 0.321 e. The van der Waals surface area contributed by atoms with Crippen LogP contribution in [0.1, 0.15) is 18.5 Å². The van der Waals surface area contributed by atoms with E-state index in [1.807, 2.05) is 11.0 Å². The third-order valence-electron chi connectivity index (χ3n) is 4.61. The summed E-state index contributed by atoms with van der Waals surface area (Å²) in [4.78, 5) is 34.2. The zero-order valence-corrected chi connectivity index (χ0v) is 14.1. The largest absolute Gasteiger partial charge is 0.342 e. The summed E-state index contributed by atoms with van der Waals surface area (Å²) in [6.45, 7) is 4.75. The molecule has 2 fully saturated rings. The minimum atomic E-state index is -0.183. The summed E-state index contributed by atoms with van der Waals surface area (Å²) >= 11 is 0. The van der Waals surface area contributed by atoms with Crippen molar-refractivity contribution in [2.75, 3.05) is 51.1 Å². The fourth-order valence-corrected chi connectivity index (χ4v) is 3.10. The van der Waals surface area contributed by atoms with Gasteiger partial charge in [-0.3, -0.25) is 9.69 Å². The Labute approximate surface area is 147 Å². The lowest BCUT2D eigenvalue weighted by atomic mass is 10.3. The number of amides is 3. The third kappa shape index (κ3) is 4.45. The van der Waals surface area contributed by atoms with Crippen molar-refractivity contribution in [3.63, 3.8) is 0 Å². The van der Waals surface area contributed by atoms with E-state index in [4.69, 9.17) is 5.26 Å². The zero-order valence-electron chi connectivity index (χ0n) is 14.1. The van der Waals surface area contributed by atoms with Gasteiger partial charge in [0, 0.05) is 39.3 Å². The molecule has 0 unspecified atom stereocenters. The molecule has 8 heteroatoms. The van der Waals surface area contributed by atoms with E-state index in [0.717, 1.165) is 25.9 Å². The highest BCUT2D eigenvalue weighted by Gasteiger charge is 2.25. The normalized spacial score (nSPS) is 18.0. The van der Waals surface area contributed by atoms with Gasteiger partial charge in [0.15, 0.2) is 0 Å². The molecular formula is C17H22N6O2. The predicted octanol–water partition coefficient (Wildman–Crippen LogP) is 0.725. The van der Waals surface area contributed by atoms with Crippen LogP contribution < -0.4 is 5.32 Å². The number of aromatic nitrogens is 1. The van der Waals surface area contributed by atoms with Crippen molar-refractivity contribution in [1.82, 2.24) is 19.7 Å².